The maximum absolute atomic E-state index is 12.1. The Hall–Kier alpha value is -0.540. The second kappa shape index (κ2) is 6.41. The first-order valence-corrected chi connectivity index (χ1v) is 4.54. The second-order valence-electron chi connectivity index (χ2n) is 3.24. The molecular formula is C8H13F6NO2. The predicted octanol–water partition coefficient (Wildman–Crippen LogP) is 1.73. The zero-order chi connectivity index (χ0) is 13.7. The van der Waals surface area contributed by atoms with Crippen LogP contribution in [0, 0.1) is 0 Å². The van der Waals surface area contributed by atoms with Crippen molar-refractivity contribution < 1.29 is 35.8 Å². The van der Waals surface area contributed by atoms with Crippen LogP contribution in [0.15, 0.2) is 0 Å². The molecule has 0 aliphatic rings. The molecule has 1 N–H and O–H groups in total. The minimum atomic E-state index is -5.48. The van der Waals surface area contributed by atoms with Gasteiger partial charge in [0.2, 0.25) is 6.10 Å². The van der Waals surface area contributed by atoms with Crippen molar-refractivity contribution in [3.05, 3.63) is 0 Å². The Bertz CT molecular complexity index is 203. The Kier molecular flexibility index (Phi) is 6.20. The third kappa shape index (κ3) is 6.08. The van der Waals surface area contributed by atoms with E-state index >= 15 is 0 Å². The summed E-state index contributed by atoms with van der Waals surface area (Å²) in [5.74, 6) is 0. The van der Waals surface area contributed by atoms with Crippen molar-refractivity contribution in [3.8, 4) is 0 Å². The first-order chi connectivity index (χ1) is 7.62. The van der Waals surface area contributed by atoms with Crippen LogP contribution in [-0.4, -0.2) is 51.9 Å². The molecule has 104 valence electrons. The van der Waals surface area contributed by atoms with E-state index in [0.717, 1.165) is 0 Å². The van der Waals surface area contributed by atoms with Crippen LogP contribution in [-0.2, 0) is 9.47 Å². The van der Waals surface area contributed by atoms with Crippen molar-refractivity contribution >= 4 is 0 Å². The van der Waals surface area contributed by atoms with E-state index in [0.29, 0.717) is 0 Å². The van der Waals surface area contributed by atoms with Crippen LogP contribution in [0.4, 0.5) is 26.3 Å². The van der Waals surface area contributed by atoms with Crippen molar-refractivity contribution in [2.24, 2.45) is 0 Å². The quantitative estimate of drug-likeness (QED) is 0.745. The number of alkyl halides is 6. The van der Waals surface area contributed by atoms with E-state index in [2.05, 4.69) is 14.8 Å². The highest BCUT2D eigenvalue weighted by Crippen LogP contribution is 2.35. The van der Waals surface area contributed by atoms with Gasteiger partial charge in [-0.25, -0.2) is 0 Å². The van der Waals surface area contributed by atoms with E-state index in [-0.39, 0.29) is 6.61 Å². The van der Waals surface area contributed by atoms with Gasteiger partial charge in [-0.2, -0.15) is 26.3 Å². The molecule has 0 saturated heterocycles. The summed E-state index contributed by atoms with van der Waals surface area (Å²) in [5, 5.41) is 2.48. The van der Waals surface area contributed by atoms with Crippen LogP contribution >= 0.6 is 0 Å². The van der Waals surface area contributed by atoms with Crippen LogP contribution in [0.2, 0.25) is 0 Å². The Morgan fingerprint density at radius 2 is 1.47 bits per heavy atom. The lowest BCUT2D eigenvalue weighted by Crippen LogP contribution is -2.47. The van der Waals surface area contributed by atoms with Crippen molar-refractivity contribution in [1.82, 2.24) is 5.32 Å². The van der Waals surface area contributed by atoms with Gasteiger partial charge in [0, 0.05) is 7.11 Å². The average Bonchev–Trinajstić information content (AvgIpc) is 2.12. The van der Waals surface area contributed by atoms with Gasteiger partial charge in [-0.05, 0) is 7.05 Å². The summed E-state index contributed by atoms with van der Waals surface area (Å²) < 4.78 is 80.8. The lowest BCUT2D eigenvalue weighted by Gasteiger charge is -2.25. The topological polar surface area (TPSA) is 30.5 Å². The summed E-state index contributed by atoms with van der Waals surface area (Å²) in [5.41, 5.74) is 0. The number of rotatable bonds is 6. The van der Waals surface area contributed by atoms with Crippen LogP contribution < -0.4 is 5.32 Å². The van der Waals surface area contributed by atoms with Crippen molar-refractivity contribution in [1.29, 1.82) is 0 Å². The SMILES string of the molecule is CNC(COC)COC(C(F)(F)F)C(F)(F)F. The van der Waals surface area contributed by atoms with Crippen LogP contribution in [0.5, 0.6) is 0 Å². The van der Waals surface area contributed by atoms with Gasteiger partial charge in [-0.15, -0.1) is 0 Å². The van der Waals surface area contributed by atoms with Crippen molar-refractivity contribution in [2.75, 3.05) is 27.4 Å². The van der Waals surface area contributed by atoms with E-state index in [9.17, 15) is 26.3 Å². The Morgan fingerprint density at radius 1 is 1.00 bits per heavy atom. The Labute approximate surface area is 94.1 Å². The highest BCUT2D eigenvalue weighted by atomic mass is 19.4. The number of hydrogen-bond donors (Lipinski definition) is 1. The standard InChI is InChI=1S/C8H13F6NO2/c1-15-5(3-16-2)4-17-6(7(9,10)11)8(12,13)14/h5-6,15H,3-4H2,1-2H3. The van der Waals surface area contributed by atoms with E-state index in [4.69, 9.17) is 0 Å². The third-order valence-electron chi connectivity index (χ3n) is 1.83. The smallest absolute Gasteiger partial charge is 0.383 e. The number of hydrogen-bond acceptors (Lipinski definition) is 3. The summed E-state index contributed by atoms with van der Waals surface area (Å²) in [6.45, 7) is -0.813. The Morgan fingerprint density at radius 3 is 1.76 bits per heavy atom. The molecule has 0 fully saturated rings. The number of nitrogens with one attached hydrogen (secondary N) is 1. The maximum atomic E-state index is 12.1. The highest BCUT2D eigenvalue weighted by molar-refractivity contribution is 4.77. The zero-order valence-corrected chi connectivity index (χ0v) is 9.15. The minimum Gasteiger partial charge on any atom is -0.383 e. The predicted molar refractivity (Wildman–Crippen MR) is 46.6 cm³/mol. The maximum Gasteiger partial charge on any atom is 0.423 e. The molecule has 0 aromatic rings. The van der Waals surface area contributed by atoms with Crippen LogP contribution in [0.25, 0.3) is 0 Å². The number of methoxy groups -OCH3 is 1. The van der Waals surface area contributed by atoms with Gasteiger partial charge in [0.15, 0.2) is 0 Å². The van der Waals surface area contributed by atoms with Gasteiger partial charge < -0.3 is 14.8 Å². The molecule has 0 aliphatic heterocycles. The minimum absolute atomic E-state index is 0.0566. The van der Waals surface area contributed by atoms with E-state index in [1.807, 2.05) is 0 Å². The van der Waals surface area contributed by atoms with Gasteiger partial charge in [-0.3, -0.25) is 0 Å². The van der Waals surface area contributed by atoms with Crippen LogP contribution in [0.1, 0.15) is 0 Å². The van der Waals surface area contributed by atoms with E-state index in [1.165, 1.54) is 14.2 Å². The number of halogens is 6. The number of likely N-dealkylation sites (N-methyl/N-ethyl adjacent to an activating group) is 1. The lowest BCUT2D eigenvalue weighted by atomic mass is 10.3. The molecule has 0 heterocycles. The summed E-state index contributed by atoms with van der Waals surface area (Å²) in [7, 11) is 2.65. The highest BCUT2D eigenvalue weighted by Gasteiger charge is 2.58. The van der Waals surface area contributed by atoms with Gasteiger partial charge in [0.25, 0.3) is 0 Å². The molecule has 0 spiro atoms. The monoisotopic (exact) mass is 269 g/mol. The number of ether oxygens (including phenoxy) is 2. The van der Waals surface area contributed by atoms with Gasteiger partial charge >= 0.3 is 12.4 Å². The molecule has 0 amide bonds. The largest absolute Gasteiger partial charge is 0.423 e. The third-order valence-corrected chi connectivity index (χ3v) is 1.83. The zero-order valence-electron chi connectivity index (χ0n) is 9.15. The fourth-order valence-corrected chi connectivity index (χ4v) is 1.00. The molecule has 17 heavy (non-hydrogen) atoms. The van der Waals surface area contributed by atoms with Gasteiger partial charge in [0.1, 0.15) is 0 Å². The Balaban J connectivity index is 4.46. The fraction of sp³-hybridized carbons (Fsp3) is 1.00. The molecule has 1 atom stereocenters. The first kappa shape index (κ1) is 16.5. The normalized spacial score (nSPS) is 15.4. The van der Waals surface area contributed by atoms with E-state index in [1.54, 1.807) is 0 Å². The van der Waals surface area contributed by atoms with Crippen LogP contribution in [0.3, 0.4) is 0 Å². The average molecular weight is 269 g/mol. The van der Waals surface area contributed by atoms with Crippen molar-refractivity contribution in [3.63, 3.8) is 0 Å². The summed E-state index contributed by atoms with van der Waals surface area (Å²) in [6, 6.07) is -0.743. The molecule has 0 radical (unpaired) electrons. The summed E-state index contributed by atoms with van der Waals surface area (Å²) >= 11 is 0. The molecule has 0 aromatic carbocycles. The molecular weight excluding hydrogens is 256 g/mol. The summed E-state index contributed by atoms with van der Waals surface area (Å²) in [4.78, 5) is 0. The lowest BCUT2D eigenvalue weighted by molar-refractivity contribution is -0.322. The fourth-order valence-electron chi connectivity index (χ4n) is 1.00. The molecule has 0 aliphatic carbocycles. The first-order valence-electron chi connectivity index (χ1n) is 4.54. The molecule has 0 aromatic heterocycles. The van der Waals surface area contributed by atoms with Crippen molar-refractivity contribution in [2.45, 2.75) is 24.5 Å². The molecule has 1 unspecified atom stereocenters. The summed E-state index contributed by atoms with van der Waals surface area (Å²) in [6.07, 6.45) is -14.7. The molecule has 0 bridgehead atoms. The van der Waals surface area contributed by atoms with Gasteiger partial charge in [-0.1, -0.05) is 0 Å². The second-order valence-corrected chi connectivity index (χ2v) is 3.24. The van der Waals surface area contributed by atoms with Gasteiger partial charge in [0.05, 0.1) is 19.3 Å². The molecule has 0 saturated carbocycles. The molecule has 0 rings (SSSR count). The molecule has 3 nitrogen and oxygen atoms in total. The molecule has 9 heteroatoms. The van der Waals surface area contributed by atoms with E-state index < -0.39 is 31.1 Å².